The zero-order valence-electron chi connectivity index (χ0n) is 15.1. The lowest BCUT2D eigenvalue weighted by Crippen LogP contribution is -1.84. The molecule has 4 aromatic rings. The Balaban J connectivity index is 1.89. The van der Waals surface area contributed by atoms with Crippen molar-refractivity contribution in [3.8, 4) is 32.3 Å². The van der Waals surface area contributed by atoms with Crippen LogP contribution in [0, 0.1) is 6.92 Å². The van der Waals surface area contributed by atoms with Crippen molar-refractivity contribution in [3.05, 3.63) is 83.4 Å². The fraction of sp³-hybridized carbons (Fsp3) is 0.0870. The number of nitrogens with zero attached hydrogens (tertiary/aromatic N) is 1. The summed E-state index contributed by atoms with van der Waals surface area (Å²) in [7, 11) is 0. The normalized spacial score (nSPS) is 10.9. The lowest BCUT2D eigenvalue weighted by Gasteiger charge is -2.04. The maximum Gasteiger partial charge on any atom is 0.126 e. The van der Waals surface area contributed by atoms with Crippen LogP contribution < -0.4 is 0 Å². The molecule has 0 aliphatic carbocycles. The highest BCUT2D eigenvalue weighted by Crippen LogP contribution is 2.42. The summed E-state index contributed by atoms with van der Waals surface area (Å²) >= 11 is 9.88. The summed E-state index contributed by atoms with van der Waals surface area (Å²) in [6.45, 7) is 2.10. The topological polar surface area (TPSA) is 12.9 Å². The third kappa shape index (κ3) is 3.81. The van der Waals surface area contributed by atoms with Crippen LogP contribution in [0.4, 0.5) is 0 Å². The molecule has 0 radical (unpaired) electrons. The summed E-state index contributed by atoms with van der Waals surface area (Å²) in [4.78, 5) is 7.41. The fourth-order valence-electron chi connectivity index (χ4n) is 2.92. The molecule has 0 atom stereocenters. The van der Waals surface area contributed by atoms with Gasteiger partial charge in [0, 0.05) is 16.0 Å². The molecular formula is C23H18ClNS2. The van der Waals surface area contributed by atoms with E-state index in [-0.39, 0.29) is 0 Å². The Hall–Kier alpha value is -2.07. The summed E-state index contributed by atoms with van der Waals surface area (Å²) in [5.74, 6) is 0. The van der Waals surface area contributed by atoms with Gasteiger partial charge in [0.15, 0.2) is 0 Å². The first kappa shape index (κ1) is 18.3. The second-order valence-corrected chi connectivity index (χ2v) is 8.56. The standard InChI is InChI=1S/C23H18ClNS2/c1-15-7-9-16(10-8-15)21-22(17-11-13-18(26-2)14-12-17)27-23(25-21)19-5-3-4-6-20(19)24/h3-14H,1-2H3. The van der Waals surface area contributed by atoms with Gasteiger partial charge in [0.05, 0.1) is 15.6 Å². The van der Waals surface area contributed by atoms with Crippen LogP contribution in [0.2, 0.25) is 5.02 Å². The minimum absolute atomic E-state index is 0.728. The second-order valence-electron chi connectivity index (χ2n) is 6.27. The molecule has 0 spiro atoms. The number of rotatable bonds is 4. The number of aromatic nitrogens is 1. The molecule has 0 unspecified atom stereocenters. The summed E-state index contributed by atoms with van der Waals surface area (Å²) < 4.78 is 0. The highest BCUT2D eigenvalue weighted by atomic mass is 35.5. The molecule has 1 heterocycles. The molecule has 0 saturated heterocycles. The number of benzene rings is 3. The molecular weight excluding hydrogens is 390 g/mol. The van der Waals surface area contributed by atoms with Crippen molar-refractivity contribution in [1.29, 1.82) is 0 Å². The summed E-state index contributed by atoms with van der Waals surface area (Å²) in [5, 5.41) is 1.67. The monoisotopic (exact) mass is 407 g/mol. The van der Waals surface area contributed by atoms with Crippen molar-refractivity contribution in [2.75, 3.05) is 6.26 Å². The first-order valence-electron chi connectivity index (χ1n) is 8.63. The first-order valence-corrected chi connectivity index (χ1v) is 11.0. The van der Waals surface area contributed by atoms with Crippen LogP contribution in [0.1, 0.15) is 5.56 Å². The van der Waals surface area contributed by atoms with Gasteiger partial charge in [-0.2, -0.15) is 0 Å². The van der Waals surface area contributed by atoms with E-state index in [0.29, 0.717) is 0 Å². The number of halogens is 1. The summed E-state index contributed by atoms with van der Waals surface area (Å²) in [6.07, 6.45) is 2.09. The van der Waals surface area contributed by atoms with Gasteiger partial charge in [0.1, 0.15) is 5.01 Å². The van der Waals surface area contributed by atoms with E-state index in [0.717, 1.165) is 26.9 Å². The molecule has 0 amide bonds. The quantitative estimate of drug-likeness (QED) is 0.319. The third-order valence-electron chi connectivity index (χ3n) is 4.41. The van der Waals surface area contributed by atoms with Gasteiger partial charge in [-0.25, -0.2) is 4.98 Å². The van der Waals surface area contributed by atoms with Crippen LogP contribution >= 0.6 is 34.7 Å². The molecule has 0 bridgehead atoms. The van der Waals surface area contributed by atoms with E-state index < -0.39 is 0 Å². The molecule has 0 aliphatic rings. The predicted octanol–water partition coefficient (Wildman–Crippen LogP) is 7.83. The zero-order chi connectivity index (χ0) is 18.8. The maximum absolute atomic E-state index is 6.44. The van der Waals surface area contributed by atoms with E-state index >= 15 is 0 Å². The number of hydrogen-bond acceptors (Lipinski definition) is 3. The van der Waals surface area contributed by atoms with Gasteiger partial charge in [0.2, 0.25) is 0 Å². The lowest BCUT2D eigenvalue weighted by molar-refractivity contribution is 1.38. The summed E-state index contributed by atoms with van der Waals surface area (Å²) in [6, 6.07) is 25.1. The van der Waals surface area contributed by atoms with Crippen molar-refractivity contribution in [2.24, 2.45) is 0 Å². The fourth-order valence-corrected chi connectivity index (χ4v) is 4.74. The molecule has 4 rings (SSSR count). The molecule has 0 fully saturated rings. The Morgan fingerprint density at radius 2 is 1.52 bits per heavy atom. The van der Waals surface area contributed by atoms with Gasteiger partial charge in [-0.1, -0.05) is 71.8 Å². The molecule has 27 heavy (non-hydrogen) atoms. The highest BCUT2D eigenvalue weighted by molar-refractivity contribution is 7.98. The van der Waals surface area contributed by atoms with Gasteiger partial charge < -0.3 is 0 Å². The van der Waals surface area contributed by atoms with Crippen molar-refractivity contribution in [3.63, 3.8) is 0 Å². The lowest BCUT2D eigenvalue weighted by atomic mass is 10.1. The predicted molar refractivity (Wildman–Crippen MR) is 120 cm³/mol. The van der Waals surface area contributed by atoms with Crippen LogP contribution in [-0.2, 0) is 0 Å². The van der Waals surface area contributed by atoms with Crippen LogP contribution in [0.5, 0.6) is 0 Å². The molecule has 0 aliphatic heterocycles. The van der Waals surface area contributed by atoms with Crippen LogP contribution in [0.3, 0.4) is 0 Å². The SMILES string of the molecule is CSc1ccc(-c2sc(-c3ccccc3Cl)nc2-c2ccc(C)cc2)cc1. The zero-order valence-corrected chi connectivity index (χ0v) is 17.5. The molecule has 1 aromatic heterocycles. The van der Waals surface area contributed by atoms with Crippen molar-refractivity contribution in [1.82, 2.24) is 4.98 Å². The van der Waals surface area contributed by atoms with Crippen LogP contribution in [0.25, 0.3) is 32.3 Å². The minimum Gasteiger partial charge on any atom is -0.235 e. The molecule has 0 saturated carbocycles. The van der Waals surface area contributed by atoms with E-state index in [1.54, 1.807) is 23.1 Å². The maximum atomic E-state index is 6.44. The van der Waals surface area contributed by atoms with Crippen LogP contribution in [-0.4, -0.2) is 11.2 Å². The molecule has 1 nitrogen and oxygen atoms in total. The first-order chi connectivity index (χ1) is 13.2. The van der Waals surface area contributed by atoms with Gasteiger partial charge in [-0.05, 0) is 36.9 Å². The molecule has 134 valence electrons. The van der Waals surface area contributed by atoms with Gasteiger partial charge in [0.25, 0.3) is 0 Å². The van der Waals surface area contributed by atoms with E-state index in [4.69, 9.17) is 16.6 Å². The third-order valence-corrected chi connectivity index (χ3v) is 6.62. The molecule has 3 aromatic carbocycles. The smallest absolute Gasteiger partial charge is 0.126 e. The van der Waals surface area contributed by atoms with E-state index in [1.807, 2.05) is 24.3 Å². The number of hydrogen-bond donors (Lipinski definition) is 0. The highest BCUT2D eigenvalue weighted by Gasteiger charge is 2.17. The molecule has 4 heteroatoms. The van der Waals surface area contributed by atoms with Gasteiger partial charge >= 0.3 is 0 Å². The number of thiazole rings is 1. The average Bonchev–Trinajstić information content (AvgIpc) is 3.14. The Kier molecular flexibility index (Phi) is 5.35. The van der Waals surface area contributed by atoms with E-state index in [2.05, 4.69) is 61.7 Å². The summed E-state index contributed by atoms with van der Waals surface area (Å²) in [5.41, 5.74) is 5.53. The Labute approximate surface area is 173 Å². The Morgan fingerprint density at radius 1 is 0.852 bits per heavy atom. The minimum atomic E-state index is 0.728. The van der Waals surface area contributed by atoms with Gasteiger partial charge in [-0.3, -0.25) is 0 Å². The average molecular weight is 408 g/mol. The second kappa shape index (κ2) is 7.89. The van der Waals surface area contributed by atoms with Crippen molar-refractivity contribution >= 4 is 34.7 Å². The largest absolute Gasteiger partial charge is 0.235 e. The Morgan fingerprint density at radius 3 is 2.19 bits per heavy atom. The Bertz CT molecular complexity index is 1070. The number of thioether (sulfide) groups is 1. The van der Waals surface area contributed by atoms with E-state index in [1.165, 1.54) is 20.9 Å². The van der Waals surface area contributed by atoms with Crippen LogP contribution in [0.15, 0.2) is 77.7 Å². The van der Waals surface area contributed by atoms with Crippen molar-refractivity contribution in [2.45, 2.75) is 11.8 Å². The number of aryl methyl sites for hydroxylation is 1. The molecule has 0 N–H and O–H groups in total. The van der Waals surface area contributed by atoms with Gasteiger partial charge in [-0.15, -0.1) is 23.1 Å². The van der Waals surface area contributed by atoms with E-state index in [9.17, 15) is 0 Å². The van der Waals surface area contributed by atoms with Crippen molar-refractivity contribution < 1.29 is 0 Å².